The number of hydrogen-bond acceptors (Lipinski definition) is 6. The molecule has 1 aliphatic rings. The van der Waals surface area contributed by atoms with E-state index in [1.165, 1.54) is 12.7 Å². The molecule has 0 unspecified atom stereocenters. The number of aliphatic hydroxyl groups is 1. The minimum Gasteiger partial charge on any atom is -0.394 e. The number of alkyl halides is 1. The molecule has 0 aliphatic carbocycles. The van der Waals surface area contributed by atoms with Gasteiger partial charge in [0.2, 0.25) is 0 Å². The molecular weight excluding hydrogens is 313 g/mol. The van der Waals surface area contributed by atoms with Crippen molar-refractivity contribution in [3.05, 3.63) is 43.0 Å². The number of imidazole rings is 1. The summed E-state index contributed by atoms with van der Waals surface area (Å²) in [5, 5.41) is 12.3. The molecule has 1 aromatic carbocycles. The predicted octanol–water partition coefficient (Wildman–Crippen LogP) is 2.19. The number of ether oxygens (including phenoxy) is 1. The quantitative estimate of drug-likeness (QED) is 0.763. The van der Waals surface area contributed by atoms with Gasteiger partial charge >= 0.3 is 0 Å². The van der Waals surface area contributed by atoms with Crippen LogP contribution in [-0.4, -0.2) is 43.5 Å². The molecule has 1 fully saturated rings. The van der Waals surface area contributed by atoms with Crippen LogP contribution in [0.3, 0.4) is 0 Å². The molecule has 3 atom stereocenters. The minimum atomic E-state index is -1.22. The van der Waals surface area contributed by atoms with Crippen molar-refractivity contribution in [3.8, 4) is 0 Å². The van der Waals surface area contributed by atoms with Gasteiger partial charge in [-0.15, -0.1) is 0 Å². The summed E-state index contributed by atoms with van der Waals surface area (Å²) in [4.78, 5) is 12.7. The topological polar surface area (TPSA) is 85.1 Å². The van der Waals surface area contributed by atoms with E-state index in [9.17, 15) is 4.39 Å². The first kappa shape index (κ1) is 15.0. The summed E-state index contributed by atoms with van der Waals surface area (Å²) in [5.41, 5.74) is 1.88. The summed E-state index contributed by atoms with van der Waals surface area (Å²) in [5.74, 6) is 0.539. The molecular formula is C16H16FN5O2. The van der Waals surface area contributed by atoms with Crippen LogP contribution in [0, 0.1) is 0 Å². The van der Waals surface area contributed by atoms with Gasteiger partial charge in [-0.25, -0.2) is 19.3 Å². The molecule has 0 amide bonds. The number of rotatable bonds is 4. The number of nitrogens with one attached hydrogen (secondary N) is 1. The fourth-order valence-corrected chi connectivity index (χ4v) is 2.85. The zero-order valence-electron chi connectivity index (χ0n) is 12.7. The molecule has 2 aromatic heterocycles. The molecule has 3 heterocycles. The fraction of sp³-hybridized carbons (Fsp3) is 0.312. The third-order valence-electron chi connectivity index (χ3n) is 4.00. The van der Waals surface area contributed by atoms with Gasteiger partial charge in [-0.05, 0) is 12.1 Å². The highest BCUT2D eigenvalue weighted by Gasteiger charge is 2.37. The van der Waals surface area contributed by atoms with Gasteiger partial charge in [-0.2, -0.15) is 0 Å². The molecule has 4 rings (SSSR count). The van der Waals surface area contributed by atoms with Gasteiger partial charge in [0.05, 0.1) is 19.0 Å². The zero-order valence-corrected chi connectivity index (χ0v) is 12.7. The van der Waals surface area contributed by atoms with Crippen molar-refractivity contribution >= 4 is 22.7 Å². The van der Waals surface area contributed by atoms with Crippen LogP contribution in [-0.2, 0) is 4.74 Å². The third kappa shape index (κ3) is 2.59. The second-order valence-electron chi connectivity index (χ2n) is 5.62. The lowest BCUT2D eigenvalue weighted by Crippen LogP contribution is -2.16. The zero-order chi connectivity index (χ0) is 16.5. The van der Waals surface area contributed by atoms with Gasteiger partial charge in [0.15, 0.2) is 23.2 Å². The highest BCUT2D eigenvalue weighted by Crippen LogP contribution is 2.33. The normalized spacial score (nSPS) is 23.7. The number of hydrogen-bond donors (Lipinski definition) is 2. The molecule has 1 aliphatic heterocycles. The van der Waals surface area contributed by atoms with Crippen LogP contribution < -0.4 is 5.32 Å². The SMILES string of the molecule is OC[C@H]1C[C@@H](F)[C@H](n2cnc3c(Nc4ccccc4)ncnc32)O1. The van der Waals surface area contributed by atoms with Crippen molar-refractivity contribution in [1.82, 2.24) is 19.5 Å². The first-order valence-corrected chi connectivity index (χ1v) is 7.66. The van der Waals surface area contributed by atoms with Crippen LogP contribution in [0.2, 0.25) is 0 Å². The number of nitrogens with zero attached hydrogens (tertiary/aromatic N) is 4. The molecule has 124 valence electrons. The lowest BCUT2D eigenvalue weighted by molar-refractivity contribution is -0.0351. The lowest BCUT2D eigenvalue weighted by Gasteiger charge is -2.15. The molecule has 0 saturated carbocycles. The first-order chi connectivity index (χ1) is 11.8. The highest BCUT2D eigenvalue weighted by molar-refractivity contribution is 5.85. The van der Waals surface area contributed by atoms with E-state index in [-0.39, 0.29) is 13.0 Å². The van der Waals surface area contributed by atoms with Crippen LogP contribution in [0.15, 0.2) is 43.0 Å². The molecule has 1 saturated heterocycles. The largest absolute Gasteiger partial charge is 0.394 e. The van der Waals surface area contributed by atoms with Crippen LogP contribution in [0.1, 0.15) is 12.6 Å². The van der Waals surface area contributed by atoms with Gasteiger partial charge in [-0.1, -0.05) is 18.2 Å². The molecule has 2 N–H and O–H groups in total. The number of halogens is 1. The van der Waals surface area contributed by atoms with Gasteiger partial charge in [0, 0.05) is 12.1 Å². The summed E-state index contributed by atoms with van der Waals surface area (Å²) in [6.45, 7) is -0.209. The molecule has 0 bridgehead atoms. The Labute approximate surface area is 137 Å². The summed E-state index contributed by atoms with van der Waals surface area (Å²) < 4.78 is 21.3. The van der Waals surface area contributed by atoms with Crippen molar-refractivity contribution in [2.45, 2.75) is 24.9 Å². The number of fused-ring (bicyclic) bond motifs is 1. The molecule has 8 heteroatoms. The predicted molar refractivity (Wildman–Crippen MR) is 85.6 cm³/mol. The third-order valence-corrected chi connectivity index (χ3v) is 4.00. The number of benzene rings is 1. The van der Waals surface area contributed by atoms with Crippen molar-refractivity contribution in [1.29, 1.82) is 0 Å². The Morgan fingerprint density at radius 1 is 1.25 bits per heavy atom. The van der Waals surface area contributed by atoms with Crippen molar-refractivity contribution in [2.75, 3.05) is 11.9 Å². The number of para-hydroxylation sites is 1. The van der Waals surface area contributed by atoms with Crippen LogP contribution in [0.25, 0.3) is 11.2 Å². The van der Waals surface area contributed by atoms with E-state index in [0.717, 1.165) is 5.69 Å². The first-order valence-electron chi connectivity index (χ1n) is 7.66. The Morgan fingerprint density at radius 2 is 2.08 bits per heavy atom. The minimum absolute atomic E-state index is 0.154. The van der Waals surface area contributed by atoms with Crippen LogP contribution >= 0.6 is 0 Å². The standard InChI is InChI=1S/C16H16FN5O2/c17-12-6-11(7-23)24-16(12)22-9-20-13-14(18-8-19-15(13)22)21-10-4-2-1-3-5-10/h1-5,8-9,11-12,16,23H,6-7H2,(H,18,19,21)/t11-,12-,16-/m1/s1. The Morgan fingerprint density at radius 3 is 2.83 bits per heavy atom. The van der Waals surface area contributed by atoms with Gasteiger partial charge in [0.25, 0.3) is 0 Å². The van der Waals surface area contributed by atoms with E-state index in [2.05, 4.69) is 20.3 Å². The highest BCUT2D eigenvalue weighted by atomic mass is 19.1. The maximum atomic E-state index is 14.2. The molecule has 0 radical (unpaired) electrons. The smallest absolute Gasteiger partial charge is 0.168 e. The lowest BCUT2D eigenvalue weighted by atomic mass is 10.2. The fourth-order valence-electron chi connectivity index (χ4n) is 2.85. The Balaban J connectivity index is 1.69. The Hall–Kier alpha value is -2.58. The van der Waals surface area contributed by atoms with Gasteiger partial charge in [0.1, 0.15) is 12.5 Å². The monoisotopic (exact) mass is 329 g/mol. The molecule has 0 spiro atoms. The van der Waals surface area contributed by atoms with Gasteiger partial charge in [-0.3, -0.25) is 4.57 Å². The van der Waals surface area contributed by atoms with Crippen LogP contribution in [0.4, 0.5) is 15.9 Å². The summed E-state index contributed by atoms with van der Waals surface area (Å²) in [7, 11) is 0. The maximum absolute atomic E-state index is 14.2. The Bertz CT molecular complexity index is 841. The average molecular weight is 329 g/mol. The number of aromatic nitrogens is 4. The maximum Gasteiger partial charge on any atom is 0.168 e. The molecule has 24 heavy (non-hydrogen) atoms. The number of aliphatic hydroxyl groups excluding tert-OH is 1. The van der Waals surface area contributed by atoms with E-state index in [1.54, 1.807) is 4.57 Å². The molecule has 7 nitrogen and oxygen atoms in total. The van der Waals surface area contributed by atoms with Crippen molar-refractivity contribution in [3.63, 3.8) is 0 Å². The second-order valence-corrected chi connectivity index (χ2v) is 5.62. The summed E-state index contributed by atoms with van der Waals surface area (Å²) in [6.07, 6.45) is 0.475. The van der Waals surface area contributed by atoms with Gasteiger partial charge < -0.3 is 15.2 Å². The van der Waals surface area contributed by atoms with E-state index in [0.29, 0.717) is 17.0 Å². The van der Waals surface area contributed by atoms with Crippen LogP contribution in [0.5, 0.6) is 0 Å². The second kappa shape index (κ2) is 6.14. The summed E-state index contributed by atoms with van der Waals surface area (Å²) >= 11 is 0. The van der Waals surface area contributed by atoms with E-state index >= 15 is 0 Å². The van der Waals surface area contributed by atoms with E-state index in [4.69, 9.17) is 9.84 Å². The molecule has 3 aromatic rings. The summed E-state index contributed by atoms with van der Waals surface area (Å²) in [6, 6.07) is 9.57. The number of anilines is 2. The van der Waals surface area contributed by atoms with Crippen molar-refractivity contribution < 1.29 is 14.2 Å². The average Bonchev–Trinajstić information content (AvgIpc) is 3.19. The Kier molecular flexibility index (Phi) is 3.83. The van der Waals surface area contributed by atoms with E-state index < -0.39 is 18.5 Å². The van der Waals surface area contributed by atoms with E-state index in [1.807, 2.05) is 30.3 Å². The van der Waals surface area contributed by atoms with Crippen molar-refractivity contribution in [2.24, 2.45) is 0 Å².